The standard InChI is InChI=1S/C9H9BO3/c1-10(13)9-3-7(5-11)2-8(4-9)6-12/h2-6,13H,1H3. The van der Waals surface area contributed by atoms with Gasteiger partial charge < -0.3 is 5.02 Å². The Morgan fingerprint density at radius 1 is 1.15 bits per heavy atom. The Labute approximate surface area is 76.5 Å². The molecule has 0 aliphatic carbocycles. The molecule has 0 aromatic heterocycles. The first-order valence-corrected chi connectivity index (χ1v) is 3.91. The summed E-state index contributed by atoms with van der Waals surface area (Å²) < 4.78 is 0. The van der Waals surface area contributed by atoms with Crippen molar-refractivity contribution >= 4 is 25.0 Å². The van der Waals surface area contributed by atoms with Gasteiger partial charge in [0.2, 0.25) is 0 Å². The summed E-state index contributed by atoms with van der Waals surface area (Å²) in [6.45, 7) is 0.914. The van der Waals surface area contributed by atoms with Crippen LogP contribution < -0.4 is 5.46 Å². The third-order valence-electron chi connectivity index (χ3n) is 1.75. The van der Waals surface area contributed by atoms with Crippen LogP contribution in [-0.2, 0) is 0 Å². The highest BCUT2D eigenvalue weighted by atomic mass is 16.2. The molecule has 0 atom stereocenters. The number of rotatable bonds is 3. The number of carbonyl (C=O) groups is 2. The quantitative estimate of drug-likeness (QED) is 0.526. The van der Waals surface area contributed by atoms with Crippen LogP contribution in [0.2, 0.25) is 6.82 Å². The Balaban J connectivity index is 3.22. The lowest BCUT2D eigenvalue weighted by atomic mass is 9.64. The average Bonchev–Trinajstić information content (AvgIpc) is 2.16. The first-order chi connectivity index (χ1) is 6.17. The highest BCUT2D eigenvalue weighted by Crippen LogP contribution is 1.99. The molecule has 66 valence electrons. The summed E-state index contributed by atoms with van der Waals surface area (Å²) in [5.41, 5.74) is 1.38. The molecular weight excluding hydrogens is 167 g/mol. The first-order valence-electron chi connectivity index (χ1n) is 3.91. The van der Waals surface area contributed by atoms with E-state index >= 15 is 0 Å². The smallest absolute Gasteiger partial charge is 0.320 e. The molecule has 0 saturated heterocycles. The van der Waals surface area contributed by atoms with Crippen molar-refractivity contribution < 1.29 is 14.6 Å². The number of benzene rings is 1. The van der Waals surface area contributed by atoms with Gasteiger partial charge in [-0.15, -0.1) is 0 Å². The molecule has 0 unspecified atom stereocenters. The van der Waals surface area contributed by atoms with Crippen molar-refractivity contribution in [2.24, 2.45) is 0 Å². The predicted octanol–water partition coefficient (Wildman–Crippen LogP) is 0.132. The van der Waals surface area contributed by atoms with Crippen LogP contribution in [0.25, 0.3) is 0 Å². The molecular formula is C9H9BO3. The second kappa shape index (κ2) is 4.00. The molecule has 0 radical (unpaired) electrons. The third-order valence-corrected chi connectivity index (χ3v) is 1.75. The molecule has 1 rings (SSSR count). The van der Waals surface area contributed by atoms with Crippen molar-refractivity contribution in [1.29, 1.82) is 0 Å². The number of carbonyl (C=O) groups excluding carboxylic acids is 2. The molecule has 1 aromatic carbocycles. The van der Waals surface area contributed by atoms with Gasteiger partial charge in [-0.1, -0.05) is 19.0 Å². The van der Waals surface area contributed by atoms with Gasteiger partial charge in [-0.3, -0.25) is 9.59 Å². The maximum atomic E-state index is 10.5. The lowest BCUT2D eigenvalue weighted by molar-refractivity contribution is 0.112. The Morgan fingerprint density at radius 3 is 1.92 bits per heavy atom. The number of hydrogen-bond donors (Lipinski definition) is 1. The maximum absolute atomic E-state index is 10.5. The fourth-order valence-electron chi connectivity index (χ4n) is 1.08. The zero-order chi connectivity index (χ0) is 9.84. The second-order valence-electron chi connectivity index (χ2n) is 2.84. The van der Waals surface area contributed by atoms with E-state index in [1.54, 1.807) is 19.0 Å². The van der Waals surface area contributed by atoms with Crippen molar-refractivity contribution in [1.82, 2.24) is 0 Å². The normalized spacial score (nSPS) is 9.38. The van der Waals surface area contributed by atoms with Crippen molar-refractivity contribution in [3.05, 3.63) is 29.3 Å². The van der Waals surface area contributed by atoms with Crippen LogP contribution in [0.1, 0.15) is 20.7 Å². The summed E-state index contributed by atoms with van der Waals surface area (Å²) >= 11 is 0. The predicted molar refractivity (Wildman–Crippen MR) is 50.7 cm³/mol. The Bertz CT molecular complexity index is 307. The molecule has 13 heavy (non-hydrogen) atoms. The molecule has 0 heterocycles. The second-order valence-corrected chi connectivity index (χ2v) is 2.84. The molecule has 0 amide bonds. The minimum atomic E-state index is -0.668. The zero-order valence-corrected chi connectivity index (χ0v) is 7.23. The van der Waals surface area contributed by atoms with E-state index in [9.17, 15) is 14.6 Å². The number of hydrogen-bond acceptors (Lipinski definition) is 3. The van der Waals surface area contributed by atoms with E-state index in [2.05, 4.69) is 0 Å². The summed E-state index contributed by atoms with van der Waals surface area (Å²) in [5.74, 6) is 0. The van der Waals surface area contributed by atoms with Crippen LogP contribution in [0, 0.1) is 0 Å². The summed E-state index contributed by atoms with van der Waals surface area (Å²) in [6.07, 6.45) is 1.30. The number of aldehydes is 2. The minimum absolute atomic E-state index is 0.403. The van der Waals surface area contributed by atoms with E-state index in [1.807, 2.05) is 0 Å². The van der Waals surface area contributed by atoms with Crippen molar-refractivity contribution in [3.8, 4) is 0 Å². The van der Waals surface area contributed by atoms with Gasteiger partial charge in [-0.05, 0) is 11.5 Å². The van der Waals surface area contributed by atoms with Gasteiger partial charge in [-0.2, -0.15) is 0 Å². The van der Waals surface area contributed by atoms with E-state index in [4.69, 9.17) is 0 Å². The largest absolute Gasteiger partial charge is 0.447 e. The molecule has 0 aliphatic rings. The van der Waals surface area contributed by atoms with E-state index in [0.717, 1.165) is 0 Å². The van der Waals surface area contributed by atoms with Gasteiger partial charge in [0.05, 0.1) is 0 Å². The molecule has 0 aliphatic heterocycles. The van der Waals surface area contributed by atoms with Crippen LogP contribution in [-0.4, -0.2) is 24.5 Å². The zero-order valence-electron chi connectivity index (χ0n) is 7.23. The van der Waals surface area contributed by atoms with Crippen molar-refractivity contribution in [3.63, 3.8) is 0 Å². The van der Waals surface area contributed by atoms with Gasteiger partial charge in [0.1, 0.15) is 12.6 Å². The van der Waals surface area contributed by atoms with Crippen molar-refractivity contribution in [2.45, 2.75) is 6.82 Å². The highest BCUT2D eigenvalue weighted by Gasteiger charge is 2.08. The van der Waals surface area contributed by atoms with Crippen LogP contribution in [0.15, 0.2) is 18.2 Å². The third kappa shape index (κ3) is 2.26. The monoisotopic (exact) mass is 176 g/mol. The molecule has 0 saturated carbocycles. The SMILES string of the molecule is CB(O)c1cc(C=O)cc(C=O)c1. The van der Waals surface area contributed by atoms with Crippen molar-refractivity contribution in [2.75, 3.05) is 0 Å². The maximum Gasteiger partial charge on any atom is 0.320 e. The van der Waals surface area contributed by atoms with Crippen LogP contribution in [0.4, 0.5) is 0 Å². The summed E-state index contributed by atoms with van der Waals surface area (Å²) in [4.78, 5) is 20.9. The molecule has 0 spiro atoms. The van der Waals surface area contributed by atoms with Crippen LogP contribution in [0.5, 0.6) is 0 Å². The summed E-state index contributed by atoms with van der Waals surface area (Å²) in [6, 6.07) is 4.60. The Hall–Kier alpha value is -1.42. The first kappa shape index (κ1) is 9.67. The highest BCUT2D eigenvalue weighted by molar-refractivity contribution is 6.64. The molecule has 3 nitrogen and oxygen atoms in total. The van der Waals surface area contributed by atoms with E-state index in [1.165, 1.54) is 6.07 Å². The van der Waals surface area contributed by atoms with E-state index in [-0.39, 0.29) is 0 Å². The van der Waals surface area contributed by atoms with E-state index in [0.29, 0.717) is 29.2 Å². The van der Waals surface area contributed by atoms with Gasteiger partial charge >= 0.3 is 6.92 Å². The average molecular weight is 176 g/mol. The fourth-order valence-corrected chi connectivity index (χ4v) is 1.08. The van der Waals surface area contributed by atoms with Gasteiger partial charge in [-0.25, -0.2) is 0 Å². The summed E-state index contributed by atoms with van der Waals surface area (Å²) in [7, 11) is 0. The molecule has 4 heteroatoms. The van der Waals surface area contributed by atoms with Gasteiger partial charge in [0.15, 0.2) is 0 Å². The van der Waals surface area contributed by atoms with Gasteiger partial charge in [0.25, 0.3) is 0 Å². The molecule has 1 N–H and O–H groups in total. The minimum Gasteiger partial charge on any atom is -0.447 e. The summed E-state index contributed by atoms with van der Waals surface area (Å²) in [5, 5.41) is 9.23. The lowest BCUT2D eigenvalue weighted by Gasteiger charge is -2.02. The fraction of sp³-hybridized carbons (Fsp3) is 0.111. The van der Waals surface area contributed by atoms with Crippen LogP contribution in [0.3, 0.4) is 0 Å². The molecule has 0 bridgehead atoms. The van der Waals surface area contributed by atoms with Gasteiger partial charge in [0, 0.05) is 11.1 Å². The molecule has 0 fully saturated rings. The lowest BCUT2D eigenvalue weighted by Crippen LogP contribution is -2.27. The topological polar surface area (TPSA) is 54.4 Å². The Kier molecular flexibility index (Phi) is 2.98. The van der Waals surface area contributed by atoms with E-state index < -0.39 is 6.92 Å². The molecule has 1 aromatic rings. The van der Waals surface area contributed by atoms with Crippen LogP contribution >= 0.6 is 0 Å². The Morgan fingerprint density at radius 2 is 1.62 bits per heavy atom.